The monoisotopic (exact) mass is 208 g/mol. The molecule has 3 aliphatic rings. The van der Waals surface area contributed by atoms with Crippen LogP contribution in [0.3, 0.4) is 0 Å². The number of rotatable bonds is 0. The van der Waals surface area contributed by atoms with Crippen molar-refractivity contribution in [1.82, 2.24) is 10.6 Å². The number of carbonyl (C=O) groups excluding carboxylic acids is 4. The van der Waals surface area contributed by atoms with E-state index in [0.29, 0.717) is 6.42 Å². The second-order valence-corrected chi connectivity index (χ2v) is 4.21. The molecule has 2 heterocycles. The smallest absolute Gasteiger partial charge is 0.231 e. The number of imide groups is 2. The summed E-state index contributed by atoms with van der Waals surface area (Å²) in [6.45, 7) is 0. The van der Waals surface area contributed by atoms with E-state index in [-0.39, 0.29) is 11.8 Å². The molecule has 0 radical (unpaired) electrons. The molecule has 4 amide bonds. The zero-order valence-corrected chi connectivity index (χ0v) is 7.65. The summed E-state index contributed by atoms with van der Waals surface area (Å²) in [6, 6.07) is 0. The van der Waals surface area contributed by atoms with Crippen LogP contribution in [0.1, 0.15) is 6.42 Å². The molecule has 2 N–H and O–H groups in total. The fourth-order valence-corrected chi connectivity index (χ4v) is 2.89. The maximum absolute atomic E-state index is 11.4. The van der Waals surface area contributed by atoms with Crippen molar-refractivity contribution in [2.45, 2.75) is 6.42 Å². The molecule has 1 saturated carbocycles. The standard InChI is InChI=1S/C9H8N2O4/c12-6-2-1-3-5(4(2)8(14)10-6)9(15)11-7(3)13/h2-5H,1H2,(H,10,12,14)(H,11,13,15). The van der Waals surface area contributed by atoms with E-state index in [2.05, 4.69) is 10.6 Å². The third-order valence-electron chi connectivity index (χ3n) is 3.53. The topological polar surface area (TPSA) is 92.3 Å². The molecule has 0 aromatic heterocycles. The Balaban J connectivity index is 2.03. The summed E-state index contributed by atoms with van der Waals surface area (Å²) in [5.41, 5.74) is 0. The molecule has 6 heteroatoms. The minimum absolute atomic E-state index is 0.310. The van der Waals surface area contributed by atoms with Gasteiger partial charge in [0.15, 0.2) is 0 Å². The van der Waals surface area contributed by atoms with Gasteiger partial charge in [0.25, 0.3) is 0 Å². The maximum Gasteiger partial charge on any atom is 0.231 e. The zero-order chi connectivity index (χ0) is 10.7. The lowest BCUT2D eigenvalue weighted by Crippen LogP contribution is -2.31. The molecule has 0 bridgehead atoms. The molecule has 2 saturated heterocycles. The summed E-state index contributed by atoms with van der Waals surface area (Å²) in [5.74, 6) is -3.75. The average molecular weight is 208 g/mol. The van der Waals surface area contributed by atoms with Crippen LogP contribution >= 0.6 is 0 Å². The molecule has 0 spiro atoms. The Morgan fingerprint density at radius 2 is 1.13 bits per heavy atom. The van der Waals surface area contributed by atoms with Gasteiger partial charge in [0.05, 0.1) is 23.7 Å². The predicted molar refractivity (Wildman–Crippen MR) is 44.9 cm³/mol. The second-order valence-electron chi connectivity index (χ2n) is 4.21. The number of hydrogen-bond donors (Lipinski definition) is 2. The molecule has 4 unspecified atom stereocenters. The van der Waals surface area contributed by atoms with E-state index in [4.69, 9.17) is 0 Å². The summed E-state index contributed by atoms with van der Waals surface area (Å²) in [6.07, 6.45) is 0.310. The van der Waals surface area contributed by atoms with Gasteiger partial charge < -0.3 is 0 Å². The van der Waals surface area contributed by atoms with E-state index in [0.717, 1.165) is 0 Å². The van der Waals surface area contributed by atoms with Gasteiger partial charge in [-0.3, -0.25) is 29.8 Å². The highest BCUT2D eigenvalue weighted by atomic mass is 16.2. The number of nitrogens with one attached hydrogen (secondary N) is 2. The molecule has 2 aliphatic heterocycles. The molecule has 78 valence electrons. The van der Waals surface area contributed by atoms with Crippen molar-refractivity contribution in [3.8, 4) is 0 Å². The van der Waals surface area contributed by atoms with Crippen molar-refractivity contribution in [3.63, 3.8) is 0 Å². The molecule has 3 fully saturated rings. The maximum atomic E-state index is 11.4. The van der Waals surface area contributed by atoms with Crippen molar-refractivity contribution < 1.29 is 19.2 Å². The highest BCUT2D eigenvalue weighted by Crippen LogP contribution is 2.46. The van der Waals surface area contributed by atoms with Gasteiger partial charge in [-0.25, -0.2) is 0 Å². The summed E-state index contributed by atoms with van der Waals surface area (Å²) < 4.78 is 0. The van der Waals surface area contributed by atoms with Crippen molar-refractivity contribution >= 4 is 23.6 Å². The van der Waals surface area contributed by atoms with Crippen LogP contribution in [0.4, 0.5) is 0 Å². The average Bonchev–Trinajstić information content (AvgIpc) is 2.72. The van der Waals surface area contributed by atoms with E-state index >= 15 is 0 Å². The zero-order valence-electron chi connectivity index (χ0n) is 7.65. The first-order valence-electron chi connectivity index (χ1n) is 4.79. The molecule has 0 aromatic carbocycles. The fourth-order valence-electron chi connectivity index (χ4n) is 2.89. The Hall–Kier alpha value is -1.72. The van der Waals surface area contributed by atoms with Crippen LogP contribution < -0.4 is 10.6 Å². The molecular weight excluding hydrogens is 200 g/mol. The van der Waals surface area contributed by atoms with Gasteiger partial charge >= 0.3 is 0 Å². The van der Waals surface area contributed by atoms with Crippen molar-refractivity contribution in [3.05, 3.63) is 0 Å². The molecule has 6 nitrogen and oxygen atoms in total. The second kappa shape index (κ2) is 2.44. The lowest BCUT2D eigenvalue weighted by Gasteiger charge is -2.09. The van der Waals surface area contributed by atoms with Crippen molar-refractivity contribution in [2.24, 2.45) is 23.7 Å². The molecule has 3 rings (SSSR count). The highest BCUT2D eigenvalue weighted by molar-refractivity contribution is 6.13. The number of amides is 4. The van der Waals surface area contributed by atoms with E-state index in [1.54, 1.807) is 0 Å². The SMILES string of the molecule is O=C1NC(=O)C2C1CC1C(=O)NC(=O)C12. The normalized spacial score (nSPS) is 42.7. The molecule has 15 heavy (non-hydrogen) atoms. The Bertz CT molecular complexity index is 378. The van der Waals surface area contributed by atoms with Crippen LogP contribution in [-0.4, -0.2) is 23.6 Å². The Labute approximate surface area is 84.4 Å². The minimum Gasteiger partial charge on any atom is -0.296 e. The van der Waals surface area contributed by atoms with Crippen LogP contribution in [0.15, 0.2) is 0 Å². The number of carbonyl (C=O) groups is 4. The Kier molecular flexibility index (Phi) is 1.40. The van der Waals surface area contributed by atoms with Crippen LogP contribution in [0, 0.1) is 23.7 Å². The van der Waals surface area contributed by atoms with Crippen LogP contribution in [-0.2, 0) is 19.2 Å². The van der Waals surface area contributed by atoms with Gasteiger partial charge in [-0.05, 0) is 6.42 Å². The number of fused-ring (bicyclic) bond motifs is 3. The van der Waals surface area contributed by atoms with E-state index < -0.39 is 35.5 Å². The third kappa shape index (κ3) is 0.886. The van der Waals surface area contributed by atoms with Gasteiger partial charge in [-0.2, -0.15) is 0 Å². The van der Waals surface area contributed by atoms with Crippen molar-refractivity contribution in [1.29, 1.82) is 0 Å². The highest BCUT2D eigenvalue weighted by Gasteiger charge is 2.61. The third-order valence-corrected chi connectivity index (χ3v) is 3.53. The fraction of sp³-hybridized carbons (Fsp3) is 0.556. The van der Waals surface area contributed by atoms with Crippen LogP contribution in [0.5, 0.6) is 0 Å². The lowest BCUT2D eigenvalue weighted by molar-refractivity contribution is -0.131. The van der Waals surface area contributed by atoms with Gasteiger partial charge in [0, 0.05) is 0 Å². The molecule has 0 aromatic rings. The van der Waals surface area contributed by atoms with E-state index in [1.165, 1.54) is 0 Å². The first kappa shape index (κ1) is 8.58. The minimum atomic E-state index is -0.631. The van der Waals surface area contributed by atoms with Crippen molar-refractivity contribution in [2.75, 3.05) is 0 Å². The lowest BCUT2D eigenvalue weighted by atomic mass is 9.89. The summed E-state index contributed by atoms with van der Waals surface area (Å²) >= 11 is 0. The predicted octanol–water partition coefficient (Wildman–Crippen LogP) is -1.83. The first-order valence-corrected chi connectivity index (χ1v) is 4.79. The molecule has 1 aliphatic carbocycles. The quantitative estimate of drug-likeness (QED) is 0.458. The molecule has 4 atom stereocenters. The summed E-state index contributed by atoms with van der Waals surface area (Å²) in [5, 5.41) is 4.40. The Morgan fingerprint density at radius 3 is 1.53 bits per heavy atom. The van der Waals surface area contributed by atoms with Crippen LogP contribution in [0.25, 0.3) is 0 Å². The summed E-state index contributed by atoms with van der Waals surface area (Å²) in [7, 11) is 0. The largest absolute Gasteiger partial charge is 0.296 e. The van der Waals surface area contributed by atoms with Gasteiger partial charge in [0.2, 0.25) is 23.6 Å². The van der Waals surface area contributed by atoms with Gasteiger partial charge in [0.1, 0.15) is 0 Å². The van der Waals surface area contributed by atoms with Gasteiger partial charge in [-0.1, -0.05) is 0 Å². The van der Waals surface area contributed by atoms with Crippen LogP contribution in [0.2, 0.25) is 0 Å². The number of hydrogen-bond acceptors (Lipinski definition) is 4. The Morgan fingerprint density at radius 1 is 0.733 bits per heavy atom. The van der Waals surface area contributed by atoms with E-state index in [1.807, 2.05) is 0 Å². The summed E-state index contributed by atoms with van der Waals surface area (Å²) in [4.78, 5) is 45.5. The van der Waals surface area contributed by atoms with Gasteiger partial charge in [-0.15, -0.1) is 0 Å². The first-order chi connectivity index (χ1) is 7.09. The molecular formula is C9H8N2O4. The van der Waals surface area contributed by atoms with E-state index in [9.17, 15) is 19.2 Å².